The molecule has 2 atom stereocenters. The molecule has 104 valence electrons. The predicted octanol–water partition coefficient (Wildman–Crippen LogP) is 3.00. The molecule has 1 amide bonds. The summed E-state index contributed by atoms with van der Waals surface area (Å²) in [6.07, 6.45) is 1.70. The Balaban J connectivity index is 2.09. The highest BCUT2D eigenvalue weighted by Crippen LogP contribution is 2.24. The summed E-state index contributed by atoms with van der Waals surface area (Å²) >= 11 is 11.5. The molecule has 2 N–H and O–H groups in total. The van der Waals surface area contributed by atoms with E-state index in [1.807, 2.05) is 0 Å². The van der Waals surface area contributed by atoms with Crippen LogP contribution in [0.5, 0.6) is 0 Å². The van der Waals surface area contributed by atoms with E-state index in [0.717, 1.165) is 25.5 Å². The average Bonchev–Trinajstić information content (AvgIpc) is 2.33. The summed E-state index contributed by atoms with van der Waals surface area (Å²) in [6.45, 7) is 2.92. The van der Waals surface area contributed by atoms with Crippen molar-refractivity contribution in [2.24, 2.45) is 0 Å². The molecule has 6 heteroatoms. The van der Waals surface area contributed by atoms with E-state index in [0.29, 0.717) is 6.04 Å². The third-order valence-electron chi connectivity index (χ3n) is 3.21. The molecule has 2 rings (SSSR count). The lowest BCUT2D eigenvalue weighted by Gasteiger charge is -2.28. The lowest BCUT2D eigenvalue weighted by molar-refractivity contribution is 0.0925. The van der Waals surface area contributed by atoms with Crippen LogP contribution in [0.4, 0.5) is 4.39 Å². The maximum atomic E-state index is 13.4. The van der Waals surface area contributed by atoms with E-state index in [9.17, 15) is 9.18 Å². The zero-order valence-electron chi connectivity index (χ0n) is 10.5. The molecule has 0 radical (unpaired) electrons. The molecule has 19 heavy (non-hydrogen) atoms. The second-order valence-electron chi connectivity index (χ2n) is 4.80. The van der Waals surface area contributed by atoms with Gasteiger partial charge in [-0.05, 0) is 38.4 Å². The van der Waals surface area contributed by atoms with Crippen molar-refractivity contribution in [1.82, 2.24) is 10.6 Å². The summed E-state index contributed by atoms with van der Waals surface area (Å²) in [5.41, 5.74) is 0.120. The number of carbonyl (C=O) groups is 1. The van der Waals surface area contributed by atoms with Crippen molar-refractivity contribution in [3.63, 3.8) is 0 Å². The molecule has 1 aliphatic heterocycles. The van der Waals surface area contributed by atoms with Crippen molar-refractivity contribution in [3.05, 3.63) is 33.6 Å². The number of hydrogen-bond donors (Lipinski definition) is 2. The second kappa shape index (κ2) is 6.07. The van der Waals surface area contributed by atoms with Gasteiger partial charge in [-0.3, -0.25) is 4.79 Å². The average molecular weight is 305 g/mol. The SMILES string of the molecule is CC1CC(NC(=O)c2cc(F)c(Cl)cc2Cl)CCN1. The summed E-state index contributed by atoms with van der Waals surface area (Å²) in [4.78, 5) is 12.1. The van der Waals surface area contributed by atoms with Gasteiger partial charge in [0.15, 0.2) is 0 Å². The Labute approximate surface area is 121 Å². The maximum absolute atomic E-state index is 13.4. The second-order valence-corrected chi connectivity index (χ2v) is 5.61. The van der Waals surface area contributed by atoms with E-state index in [2.05, 4.69) is 17.6 Å². The van der Waals surface area contributed by atoms with Gasteiger partial charge < -0.3 is 10.6 Å². The quantitative estimate of drug-likeness (QED) is 0.825. The van der Waals surface area contributed by atoms with Gasteiger partial charge in [0, 0.05) is 12.1 Å². The Morgan fingerprint density at radius 1 is 1.42 bits per heavy atom. The molecule has 1 heterocycles. The van der Waals surface area contributed by atoms with Gasteiger partial charge in [-0.25, -0.2) is 4.39 Å². The van der Waals surface area contributed by atoms with Crippen LogP contribution < -0.4 is 10.6 Å². The first-order valence-electron chi connectivity index (χ1n) is 6.16. The predicted molar refractivity (Wildman–Crippen MR) is 74.4 cm³/mol. The normalized spacial score (nSPS) is 23.2. The van der Waals surface area contributed by atoms with E-state index in [-0.39, 0.29) is 27.6 Å². The topological polar surface area (TPSA) is 41.1 Å². The fourth-order valence-electron chi connectivity index (χ4n) is 2.22. The van der Waals surface area contributed by atoms with Crippen molar-refractivity contribution < 1.29 is 9.18 Å². The molecule has 1 aliphatic rings. The van der Waals surface area contributed by atoms with E-state index in [4.69, 9.17) is 23.2 Å². The summed E-state index contributed by atoms with van der Waals surface area (Å²) in [5, 5.41) is 6.25. The minimum Gasteiger partial charge on any atom is -0.349 e. The molecule has 1 aromatic carbocycles. The number of benzene rings is 1. The highest BCUT2D eigenvalue weighted by molar-refractivity contribution is 6.36. The van der Waals surface area contributed by atoms with Crippen LogP contribution in [0.2, 0.25) is 10.0 Å². The smallest absolute Gasteiger partial charge is 0.253 e. The molecular weight excluding hydrogens is 290 g/mol. The number of rotatable bonds is 2. The van der Waals surface area contributed by atoms with Crippen LogP contribution in [0.15, 0.2) is 12.1 Å². The minimum atomic E-state index is -0.644. The standard InChI is InChI=1S/C13H15Cl2FN2O/c1-7-4-8(2-3-17-7)18-13(19)9-5-12(16)11(15)6-10(9)14/h5-8,17H,2-4H2,1H3,(H,18,19). The van der Waals surface area contributed by atoms with Gasteiger partial charge in [0.05, 0.1) is 15.6 Å². The van der Waals surface area contributed by atoms with Crippen LogP contribution in [-0.2, 0) is 0 Å². The molecule has 3 nitrogen and oxygen atoms in total. The van der Waals surface area contributed by atoms with Crippen LogP contribution in [0, 0.1) is 5.82 Å². The Kier molecular flexibility index (Phi) is 4.66. The molecule has 1 saturated heterocycles. The molecule has 0 aromatic heterocycles. The van der Waals surface area contributed by atoms with Crippen molar-refractivity contribution in [2.75, 3.05) is 6.54 Å². The Hall–Kier alpha value is -0.840. The van der Waals surface area contributed by atoms with Gasteiger partial charge >= 0.3 is 0 Å². The molecule has 0 aliphatic carbocycles. The lowest BCUT2D eigenvalue weighted by atomic mass is 10.0. The van der Waals surface area contributed by atoms with Crippen molar-refractivity contribution >= 4 is 29.1 Å². The van der Waals surface area contributed by atoms with Crippen LogP contribution in [0.1, 0.15) is 30.1 Å². The Morgan fingerprint density at radius 2 is 2.16 bits per heavy atom. The summed E-state index contributed by atoms with van der Waals surface area (Å²) in [7, 11) is 0. The van der Waals surface area contributed by atoms with Gasteiger partial charge in [-0.1, -0.05) is 23.2 Å². The van der Waals surface area contributed by atoms with Crippen LogP contribution in [0.25, 0.3) is 0 Å². The Morgan fingerprint density at radius 3 is 2.84 bits per heavy atom. The number of hydrogen-bond acceptors (Lipinski definition) is 2. The number of amides is 1. The van der Waals surface area contributed by atoms with Crippen molar-refractivity contribution in [3.8, 4) is 0 Å². The molecule has 0 spiro atoms. The third-order valence-corrected chi connectivity index (χ3v) is 3.82. The van der Waals surface area contributed by atoms with E-state index in [1.54, 1.807) is 0 Å². The summed E-state index contributed by atoms with van der Waals surface area (Å²) < 4.78 is 13.4. The summed E-state index contributed by atoms with van der Waals surface area (Å²) in [6, 6.07) is 2.76. The lowest BCUT2D eigenvalue weighted by Crippen LogP contribution is -2.46. The molecular formula is C13H15Cl2FN2O. The third kappa shape index (κ3) is 3.59. The van der Waals surface area contributed by atoms with Gasteiger partial charge in [-0.15, -0.1) is 0 Å². The number of nitrogens with one attached hydrogen (secondary N) is 2. The van der Waals surface area contributed by atoms with Gasteiger partial charge in [-0.2, -0.15) is 0 Å². The monoisotopic (exact) mass is 304 g/mol. The zero-order chi connectivity index (χ0) is 14.0. The fourth-order valence-corrected chi connectivity index (χ4v) is 2.69. The minimum absolute atomic E-state index is 0.0820. The maximum Gasteiger partial charge on any atom is 0.253 e. The van der Waals surface area contributed by atoms with Gasteiger partial charge in [0.1, 0.15) is 5.82 Å². The first-order valence-corrected chi connectivity index (χ1v) is 6.91. The van der Waals surface area contributed by atoms with E-state index < -0.39 is 5.82 Å². The molecule has 1 aromatic rings. The molecule has 1 fully saturated rings. The first kappa shape index (κ1) is 14.6. The van der Waals surface area contributed by atoms with Gasteiger partial charge in [0.2, 0.25) is 0 Å². The molecule has 0 saturated carbocycles. The van der Waals surface area contributed by atoms with Crippen LogP contribution in [-0.4, -0.2) is 24.5 Å². The number of piperidine rings is 1. The van der Waals surface area contributed by atoms with E-state index in [1.165, 1.54) is 6.07 Å². The molecule has 2 unspecified atom stereocenters. The fraction of sp³-hybridized carbons (Fsp3) is 0.462. The van der Waals surface area contributed by atoms with E-state index >= 15 is 0 Å². The number of halogens is 3. The van der Waals surface area contributed by atoms with Crippen molar-refractivity contribution in [1.29, 1.82) is 0 Å². The highest BCUT2D eigenvalue weighted by atomic mass is 35.5. The summed E-state index contributed by atoms with van der Waals surface area (Å²) in [5.74, 6) is -1.01. The zero-order valence-corrected chi connectivity index (χ0v) is 12.0. The number of carbonyl (C=O) groups excluding carboxylic acids is 1. The van der Waals surface area contributed by atoms with Gasteiger partial charge in [0.25, 0.3) is 5.91 Å². The van der Waals surface area contributed by atoms with Crippen LogP contribution in [0.3, 0.4) is 0 Å². The van der Waals surface area contributed by atoms with Crippen LogP contribution >= 0.6 is 23.2 Å². The molecule has 0 bridgehead atoms. The Bertz CT molecular complexity index is 496. The van der Waals surface area contributed by atoms with Crippen molar-refractivity contribution in [2.45, 2.75) is 31.8 Å². The largest absolute Gasteiger partial charge is 0.349 e. The first-order chi connectivity index (χ1) is 8.97. The highest BCUT2D eigenvalue weighted by Gasteiger charge is 2.22.